The van der Waals surface area contributed by atoms with Crippen molar-refractivity contribution < 1.29 is 9.84 Å². The molecule has 0 aliphatic carbocycles. The van der Waals surface area contributed by atoms with Gasteiger partial charge in [-0.2, -0.15) is 0 Å². The number of fused-ring (bicyclic) bond motifs is 3. The van der Waals surface area contributed by atoms with E-state index in [2.05, 4.69) is 29.6 Å². The highest BCUT2D eigenvalue weighted by molar-refractivity contribution is 5.55. The first-order valence-electron chi connectivity index (χ1n) is 7.48. The molecule has 3 heteroatoms. The summed E-state index contributed by atoms with van der Waals surface area (Å²) in [7, 11) is 0. The van der Waals surface area contributed by atoms with Gasteiger partial charge in [-0.25, -0.2) is 0 Å². The number of rotatable bonds is 4. The van der Waals surface area contributed by atoms with Crippen LogP contribution >= 0.6 is 0 Å². The molecule has 104 valence electrons. The molecule has 0 spiro atoms. The van der Waals surface area contributed by atoms with Crippen molar-refractivity contribution in [2.45, 2.75) is 44.2 Å². The van der Waals surface area contributed by atoms with E-state index in [0.29, 0.717) is 18.6 Å². The number of aliphatic hydroxyl groups is 1. The van der Waals surface area contributed by atoms with Gasteiger partial charge in [0.1, 0.15) is 0 Å². The average molecular weight is 261 g/mol. The van der Waals surface area contributed by atoms with Gasteiger partial charge in [-0.1, -0.05) is 18.2 Å². The lowest BCUT2D eigenvalue weighted by Gasteiger charge is -2.43. The minimum atomic E-state index is 0.269. The molecule has 0 saturated carbocycles. The maximum Gasteiger partial charge on any atom is 0.0892 e. The molecule has 0 radical (unpaired) electrons. The van der Waals surface area contributed by atoms with Crippen molar-refractivity contribution in [1.82, 2.24) is 0 Å². The van der Waals surface area contributed by atoms with Crippen LogP contribution in [0.5, 0.6) is 0 Å². The SMILES string of the molecule is OCCCC[C@@H]1Nc2ccccc2[C@@H]2OCCC[C@@H]12. The molecule has 0 bridgehead atoms. The summed E-state index contributed by atoms with van der Waals surface area (Å²) in [6, 6.07) is 9.02. The van der Waals surface area contributed by atoms with E-state index in [0.717, 1.165) is 25.9 Å². The summed E-state index contributed by atoms with van der Waals surface area (Å²) in [5.74, 6) is 0.586. The van der Waals surface area contributed by atoms with Crippen LogP contribution in [0.25, 0.3) is 0 Å². The normalized spacial score (nSPS) is 29.2. The summed E-state index contributed by atoms with van der Waals surface area (Å²) >= 11 is 0. The minimum Gasteiger partial charge on any atom is -0.396 e. The highest BCUT2D eigenvalue weighted by atomic mass is 16.5. The van der Waals surface area contributed by atoms with Crippen LogP contribution in [0.1, 0.15) is 43.8 Å². The number of ether oxygens (including phenoxy) is 1. The molecule has 0 amide bonds. The van der Waals surface area contributed by atoms with E-state index in [-0.39, 0.29) is 6.10 Å². The van der Waals surface area contributed by atoms with Gasteiger partial charge in [-0.3, -0.25) is 0 Å². The van der Waals surface area contributed by atoms with Gasteiger partial charge in [0.15, 0.2) is 0 Å². The Balaban J connectivity index is 1.79. The molecule has 3 rings (SSSR count). The maximum absolute atomic E-state index is 8.94. The van der Waals surface area contributed by atoms with Crippen molar-refractivity contribution in [3.05, 3.63) is 29.8 Å². The first-order chi connectivity index (χ1) is 9.40. The molecule has 1 aromatic rings. The number of para-hydroxylation sites is 1. The average Bonchev–Trinajstić information content (AvgIpc) is 2.47. The molecule has 0 unspecified atom stereocenters. The fourth-order valence-electron chi connectivity index (χ4n) is 3.48. The third kappa shape index (κ3) is 2.63. The predicted molar refractivity (Wildman–Crippen MR) is 76.2 cm³/mol. The quantitative estimate of drug-likeness (QED) is 0.818. The van der Waals surface area contributed by atoms with Crippen LogP contribution in [0.15, 0.2) is 24.3 Å². The van der Waals surface area contributed by atoms with Crippen molar-refractivity contribution >= 4 is 5.69 Å². The lowest BCUT2D eigenvalue weighted by Crippen LogP contribution is -2.41. The zero-order valence-corrected chi connectivity index (χ0v) is 11.3. The molecule has 0 aromatic heterocycles. The molecular weight excluding hydrogens is 238 g/mol. The fourth-order valence-corrected chi connectivity index (χ4v) is 3.48. The van der Waals surface area contributed by atoms with Crippen LogP contribution in [0, 0.1) is 5.92 Å². The molecule has 2 N–H and O–H groups in total. The molecule has 1 saturated heterocycles. The third-order valence-corrected chi connectivity index (χ3v) is 4.42. The zero-order chi connectivity index (χ0) is 13.1. The second kappa shape index (κ2) is 5.93. The molecular formula is C16H23NO2. The second-order valence-corrected chi connectivity index (χ2v) is 5.65. The summed E-state index contributed by atoms with van der Waals surface area (Å²) < 4.78 is 6.06. The molecule has 3 nitrogen and oxygen atoms in total. The highest BCUT2D eigenvalue weighted by Gasteiger charge is 2.38. The predicted octanol–water partition coefficient (Wildman–Crippen LogP) is 3.11. The van der Waals surface area contributed by atoms with E-state index in [9.17, 15) is 0 Å². The van der Waals surface area contributed by atoms with Crippen LogP contribution in [0.2, 0.25) is 0 Å². The Hall–Kier alpha value is -1.06. The lowest BCUT2D eigenvalue weighted by atomic mass is 9.78. The van der Waals surface area contributed by atoms with Crippen LogP contribution in [0.4, 0.5) is 5.69 Å². The zero-order valence-electron chi connectivity index (χ0n) is 11.3. The van der Waals surface area contributed by atoms with Gasteiger partial charge in [0.25, 0.3) is 0 Å². The fraction of sp³-hybridized carbons (Fsp3) is 0.625. The standard InChI is InChI=1S/C16H23NO2/c18-10-4-3-9-15-13-7-5-11-19-16(13)12-6-1-2-8-14(12)17-15/h1-2,6,8,13,15-18H,3-5,7,9-11H2/t13-,15-,16-/m0/s1. The van der Waals surface area contributed by atoms with Crippen molar-refractivity contribution in [3.8, 4) is 0 Å². The summed E-state index contributed by atoms with van der Waals surface area (Å²) in [6.07, 6.45) is 5.79. The van der Waals surface area contributed by atoms with Gasteiger partial charge >= 0.3 is 0 Å². The van der Waals surface area contributed by atoms with Gasteiger partial charge in [0, 0.05) is 36.4 Å². The topological polar surface area (TPSA) is 41.5 Å². The molecule has 2 heterocycles. The summed E-state index contributed by atoms with van der Waals surface area (Å²) in [6.45, 7) is 1.19. The van der Waals surface area contributed by atoms with Gasteiger partial charge in [-0.15, -0.1) is 0 Å². The number of nitrogens with one attached hydrogen (secondary N) is 1. The second-order valence-electron chi connectivity index (χ2n) is 5.65. The van der Waals surface area contributed by atoms with E-state index in [1.54, 1.807) is 0 Å². The van der Waals surface area contributed by atoms with Crippen LogP contribution < -0.4 is 5.32 Å². The van der Waals surface area contributed by atoms with Gasteiger partial charge in [0.05, 0.1) is 6.10 Å². The molecule has 2 aliphatic heterocycles. The van der Waals surface area contributed by atoms with Crippen LogP contribution in [-0.2, 0) is 4.74 Å². The Morgan fingerprint density at radius 2 is 2.16 bits per heavy atom. The first kappa shape index (κ1) is 12.9. The van der Waals surface area contributed by atoms with Crippen molar-refractivity contribution in [3.63, 3.8) is 0 Å². The highest BCUT2D eigenvalue weighted by Crippen LogP contribution is 2.44. The summed E-state index contributed by atoms with van der Waals surface area (Å²) in [5, 5.41) is 12.6. The Bertz CT molecular complexity index is 421. The van der Waals surface area contributed by atoms with E-state index >= 15 is 0 Å². The van der Waals surface area contributed by atoms with Crippen LogP contribution in [-0.4, -0.2) is 24.4 Å². The molecule has 3 atom stereocenters. The first-order valence-corrected chi connectivity index (χ1v) is 7.48. The summed E-state index contributed by atoms with van der Waals surface area (Å²) in [4.78, 5) is 0. The van der Waals surface area contributed by atoms with Crippen molar-refractivity contribution in [2.24, 2.45) is 5.92 Å². The van der Waals surface area contributed by atoms with Gasteiger partial charge < -0.3 is 15.2 Å². The maximum atomic E-state index is 8.94. The van der Waals surface area contributed by atoms with Crippen molar-refractivity contribution in [1.29, 1.82) is 0 Å². The van der Waals surface area contributed by atoms with Crippen LogP contribution in [0.3, 0.4) is 0 Å². The number of unbranched alkanes of at least 4 members (excludes halogenated alkanes) is 1. The number of anilines is 1. The smallest absolute Gasteiger partial charge is 0.0892 e. The van der Waals surface area contributed by atoms with E-state index in [1.807, 2.05) is 0 Å². The molecule has 1 fully saturated rings. The van der Waals surface area contributed by atoms with Crippen molar-refractivity contribution in [2.75, 3.05) is 18.5 Å². The Labute approximate surface area is 115 Å². The number of benzene rings is 1. The van der Waals surface area contributed by atoms with Gasteiger partial charge in [-0.05, 0) is 38.2 Å². The Kier molecular flexibility index (Phi) is 4.04. The van der Waals surface area contributed by atoms with E-state index in [4.69, 9.17) is 9.84 Å². The molecule has 1 aromatic carbocycles. The Morgan fingerprint density at radius 3 is 3.05 bits per heavy atom. The molecule has 19 heavy (non-hydrogen) atoms. The minimum absolute atomic E-state index is 0.269. The number of aliphatic hydroxyl groups excluding tert-OH is 1. The monoisotopic (exact) mass is 261 g/mol. The van der Waals surface area contributed by atoms with Gasteiger partial charge in [0.2, 0.25) is 0 Å². The third-order valence-electron chi connectivity index (χ3n) is 4.42. The van der Waals surface area contributed by atoms with E-state index < -0.39 is 0 Å². The van der Waals surface area contributed by atoms with E-state index in [1.165, 1.54) is 24.1 Å². The lowest BCUT2D eigenvalue weighted by molar-refractivity contribution is -0.0387. The number of hydrogen-bond donors (Lipinski definition) is 2. The summed E-state index contributed by atoms with van der Waals surface area (Å²) in [5.41, 5.74) is 2.56. The molecule has 2 aliphatic rings. The number of hydrogen-bond acceptors (Lipinski definition) is 3. The Morgan fingerprint density at radius 1 is 1.26 bits per heavy atom. The largest absolute Gasteiger partial charge is 0.396 e.